The number of ether oxygens (including phenoxy) is 1. The number of hydrogen-bond donors (Lipinski definition) is 3. The summed E-state index contributed by atoms with van der Waals surface area (Å²) in [5.41, 5.74) is 6.22. The van der Waals surface area contributed by atoms with Crippen LogP contribution in [0.5, 0.6) is 0 Å². The molecule has 0 saturated carbocycles. The quantitative estimate of drug-likeness (QED) is 0.532. The number of carbonyl (C=O) groups excluding carboxylic acids is 3. The third-order valence-corrected chi connectivity index (χ3v) is 3.71. The van der Waals surface area contributed by atoms with Crippen LogP contribution in [0.2, 0.25) is 0 Å². The van der Waals surface area contributed by atoms with Gasteiger partial charge in [-0.05, 0) is 24.8 Å². The maximum atomic E-state index is 12.7. The molecule has 0 aromatic heterocycles. The first-order chi connectivity index (χ1) is 12.4. The van der Waals surface area contributed by atoms with Gasteiger partial charge in [0.1, 0.15) is 12.1 Å². The summed E-state index contributed by atoms with van der Waals surface area (Å²) in [5, 5.41) is 5.33. The Kier molecular flexibility index (Phi) is 9.36. The van der Waals surface area contributed by atoms with Crippen LogP contribution in [0.1, 0.15) is 32.8 Å². The van der Waals surface area contributed by atoms with Crippen molar-refractivity contribution in [2.75, 3.05) is 13.2 Å². The maximum absolute atomic E-state index is 12.7. The Morgan fingerprint density at radius 3 is 2.27 bits per heavy atom. The fourth-order valence-corrected chi connectivity index (χ4v) is 2.51. The molecule has 0 aliphatic rings. The molecular weight excluding hydrogens is 334 g/mol. The number of esters is 1. The van der Waals surface area contributed by atoms with E-state index in [0.29, 0.717) is 12.8 Å². The second-order valence-corrected chi connectivity index (χ2v) is 6.46. The predicted octanol–water partition coefficient (Wildman–Crippen LogP) is 0.767. The molecule has 2 atom stereocenters. The zero-order valence-electron chi connectivity index (χ0n) is 15.7. The van der Waals surface area contributed by atoms with Crippen LogP contribution in [0.3, 0.4) is 0 Å². The summed E-state index contributed by atoms with van der Waals surface area (Å²) in [6, 6.07) is 7.78. The van der Waals surface area contributed by atoms with E-state index in [4.69, 9.17) is 10.5 Å². The largest absolute Gasteiger partial charge is 0.464 e. The molecule has 26 heavy (non-hydrogen) atoms. The number of rotatable bonds is 10. The van der Waals surface area contributed by atoms with Crippen LogP contribution in [0, 0.1) is 5.92 Å². The molecule has 0 aliphatic heterocycles. The minimum Gasteiger partial charge on any atom is -0.464 e. The van der Waals surface area contributed by atoms with E-state index in [1.54, 1.807) is 6.92 Å². The van der Waals surface area contributed by atoms with Crippen LogP contribution >= 0.6 is 0 Å². The third kappa shape index (κ3) is 7.65. The van der Waals surface area contributed by atoms with Crippen molar-refractivity contribution >= 4 is 17.8 Å². The van der Waals surface area contributed by atoms with Crippen LogP contribution in [-0.2, 0) is 25.5 Å². The normalized spacial score (nSPS) is 13.0. The van der Waals surface area contributed by atoms with E-state index in [1.807, 2.05) is 44.2 Å². The van der Waals surface area contributed by atoms with Crippen LogP contribution in [0.25, 0.3) is 0 Å². The second kappa shape index (κ2) is 11.3. The minimum atomic E-state index is -0.825. The van der Waals surface area contributed by atoms with E-state index in [0.717, 1.165) is 5.56 Å². The second-order valence-electron chi connectivity index (χ2n) is 6.46. The van der Waals surface area contributed by atoms with Gasteiger partial charge in [0.05, 0.1) is 13.2 Å². The molecule has 2 amide bonds. The number of nitrogens with two attached hydrogens (primary N) is 1. The summed E-state index contributed by atoms with van der Waals surface area (Å²) >= 11 is 0. The number of carbonyl (C=O) groups is 3. The molecule has 1 aromatic carbocycles. The first-order valence-corrected chi connectivity index (χ1v) is 8.87. The van der Waals surface area contributed by atoms with Crippen LogP contribution in [-0.4, -0.2) is 43.0 Å². The van der Waals surface area contributed by atoms with Gasteiger partial charge in [0.15, 0.2) is 0 Å². The highest BCUT2D eigenvalue weighted by atomic mass is 16.5. The summed E-state index contributed by atoms with van der Waals surface area (Å²) in [7, 11) is 0. The number of amides is 2. The molecule has 0 radical (unpaired) electrons. The zero-order valence-corrected chi connectivity index (χ0v) is 15.7. The molecule has 0 unspecified atom stereocenters. The lowest BCUT2D eigenvalue weighted by atomic mass is 10.0. The summed E-state index contributed by atoms with van der Waals surface area (Å²) in [6.45, 7) is 5.62. The summed E-state index contributed by atoms with van der Waals surface area (Å²) in [5.74, 6) is -1.16. The molecule has 144 valence electrons. The smallest absolute Gasteiger partial charge is 0.328 e. The Balaban J connectivity index is 2.89. The molecule has 0 aliphatic carbocycles. The van der Waals surface area contributed by atoms with Crippen molar-refractivity contribution in [2.24, 2.45) is 11.7 Å². The molecular formula is C19H29N3O4. The average Bonchev–Trinajstić information content (AvgIpc) is 2.61. The summed E-state index contributed by atoms with van der Waals surface area (Å²) in [4.78, 5) is 36.5. The molecule has 0 heterocycles. The number of hydrogen-bond acceptors (Lipinski definition) is 5. The number of nitrogens with one attached hydrogen (secondary N) is 2. The van der Waals surface area contributed by atoms with E-state index in [-0.39, 0.29) is 19.1 Å². The summed E-state index contributed by atoms with van der Waals surface area (Å²) < 4.78 is 5.08. The van der Waals surface area contributed by atoms with Crippen LogP contribution in [0.4, 0.5) is 0 Å². The minimum absolute atomic E-state index is 0.180. The van der Waals surface area contributed by atoms with E-state index in [1.165, 1.54) is 0 Å². The number of benzene rings is 1. The highest BCUT2D eigenvalue weighted by Gasteiger charge is 2.28. The first-order valence-electron chi connectivity index (χ1n) is 8.87. The lowest BCUT2D eigenvalue weighted by Crippen LogP contribution is -2.53. The Morgan fingerprint density at radius 2 is 1.73 bits per heavy atom. The molecule has 1 aromatic rings. The van der Waals surface area contributed by atoms with Gasteiger partial charge in [0, 0.05) is 6.42 Å². The van der Waals surface area contributed by atoms with Gasteiger partial charge in [-0.3, -0.25) is 9.59 Å². The van der Waals surface area contributed by atoms with Gasteiger partial charge in [0.25, 0.3) is 0 Å². The van der Waals surface area contributed by atoms with Gasteiger partial charge >= 0.3 is 5.97 Å². The van der Waals surface area contributed by atoms with Gasteiger partial charge < -0.3 is 21.1 Å². The van der Waals surface area contributed by atoms with Gasteiger partial charge in [-0.1, -0.05) is 44.2 Å². The molecule has 0 spiro atoms. The van der Waals surface area contributed by atoms with Crippen molar-refractivity contribution < 1.29 is 19.1 Å². The Bertz CT molecular complexity index is 590. The fraction of sp³-hybridized carbons (Fsp3) is 0.526. The molecule has 7 heteroatoms. The van der Waals surface area contributed by atoms with E-state index in [9.17, 15) is 14.4 Å². The zero-order chi connectivity index (χ0) is 19.5. The fourth-order valence-electron chi connectivity index (χ4n) is 2.51. The Labute approximate surface area is 154 Å². The monoisotopic (exact) mass is 363 g/mol. The van der Waals surface area contributed by atoms with E-state index in [2.05, 4.69) is 10.6 Å². The molecule has 4 N–H and O–H groups in total. The van der Waals surface area contributed by atoms with Crippen LogP contribution < -0.4 is 16.4 Å². The molecule has 1 rings (SSSR count). The molecule has 0 bridgehead atoms. The van der Waals surface area contributed by atoms with Crippen molar-refractivity contribution in [1.82, 2.24) is 10.6 Å². The van der Waals surface area contributed by atoms with Gasteiger partial charge in [-0.25, -0.2) is 4.79 Å². The van der Waals surface area contributed by atoms with Crippen molar-refractivity contribution in [3.8, 4) is 0 Å². The standard InChI is InChI=1S/C19H29N3O4/c1-4-26-19(25)16(11-14-8-6-5-7-9-14)22-18(24)15(10-13(2)3)21-17(23)12-20/h5-9,13,15-16H,4,10-12,20H2,1-3H3,(H,21,23)(H,22,24)/t15-,16-/m0/s1. The highest BCUT2D eigenvalue weighted by molar-refractivity contribution is 5.91. The molecule has 0 saturated heterocycles. The highest BCUT2D eigenvalue weighted by Crippen LogP contribution is 2.08. The maximum Gasteiger partial charge on any atom is 0.328 e. The molecule has 7 nitrogen and oxygen atoms in total. The predicted molar refractivity (Wildman–Crippen MR) is 99.1 cm³/mol. The average molecular weight is 363 g/mol. The summed E-state index contributed by atoms with van der Waals surface area (Å²) in [6.07, 6.45) is 0.753. The Hall–Kier alpha value is -2.41. The van der Waals surface area contributed by atoms with Crippen molar-refractivity contribution in [3.05, 3.63) is 35.9 Å². The van der Waals surface area contributed by atoms with Crippen molar-refractivity contribution in [3.63, 3.8) is 0 Å². The van der Waals surface area contributed by atoms with Crippen molar-refractivity contribution in [1.29, 1.82) is 0 Å². The van der Waals surface area contributed by atoms with Gasteiger partial charge in [-0.15, -0.1) is 0 Å². The van der Waals surface area contributed by atoms with Crippen molar-refractivity contribution in [2.45, 2.75) is 45.7 Å². The third-order valence-electron chi connectivity index (χ3n) is 3.71. The van der Waals surface area contributed by atoms with Crippen LogP contribution in [0.15, 0.2) is 30.3 Å². The van der Waals surface area contributed by atoms with Gasteiger partial charge in [0.2, 0.25) is 11.8 Å². The lowest BCUT2D eigenvalue weighted by Gasteiger charge is -2.23. The molecule has 0 fully saturated rings. The van der Waals surface area contributed by atoms with E-state index >= 15 is 0 Å². The Morgan fingerprint density at radius 1 is 1.08 bits per heavy atom. The SMILES string of the molecule is CCOC(=O)[C@H](Cc1ccccc1)NC(=O)[C@H](CC(C)C)NC(=O)CN. The topological polar surface area (TPSA) is 111 Å². The van der Waals surface area contributed by atoms with E-state index < -0.39 is 29.9 Å². The van der Waals surface area contributed by atoms with Gasteiger partial charge in [-0.2, -0.15) is 0 Å². The lowest BCUT2D eigenvalue weighted by molar-refractivity contribution is -0.147. The first kappa shape index (κ1) is 21.6.